The lowest BCUT2D eigenvalue weighted by molar-refractivity contribution is -0.124. The number of rotatable bonds is 7. The number of nitrogens with zero attached hydrogens (tertiary/aromatic N) is 1. The molecule has 184 valence electrons. The van der Waals surface area contributed by atoms with E-state index >= 15 is 0 Å². The van der Waals surface area contributed by atoms with Crippen LogP contribution < -0.4 is 19.7 Å². The van der Waals surface area contributed by atoms with Crippen LogP contribution in [-0.4, -0.2) is 44.3 Å². The van der Waals surface area contributed by atoms with E-state index in [0.717, 1.165) is 12.0 Å². The Balaban J connectivity index is 1.40. The molecular weight excluding hydrogens is 456 g/mol. The average Bonchev–Trinajstić information content (AvgIpc) is 3.47. The highest BCUT2D eigenvalue weighted by atomic mass is 16.6. The van der Waals surface area contributed by atoms with Gasteiger partial charge in [-0.1, -0.05) is 48.6 Å². The highest BCUT2D eigenvalue weighted by Crippen LogP contribution is 2.34. The summed E-state index contributed by atoms with van der Waals surface area (Å²) in [6.45, 7) is 1.90. The molecule has 0 aromatic heterocycles. The predicted molar refractivity (Wildman–Crippen MR) is 139 cm³/mol. The van der Waals surface area contributed by atoms with Gasteiger partial charge < -0.3 is 24.4 Å². The number of fused-ring (bicyclic) bond motifs is 1. The van der Waals surface area contributed by atoms with Crippen molar-refractivity contribution in [2.45, 2.75) is 18.9 Å². The summed E-state index contributed by atoms with van der Waals surface area (Å²) in [5.41, 5.74) is 2.76. The van der Waals surface area contributed by atoms with E-state index in [1.54, 1.807) is 29.2 Å². The van der Waals surface area contributed by atoms with E-state index in [1.807, 2.05) is 60.7 Å². The maximum atomic E-state index is 13.7. The molecular formula is C29H28N2O5. The predicted octanol–water partition coefficient (Wildman–Crippen LogP) is 4.94. The normalized spacial score (nSPS) is 16.6. The van der Waals surface area contributed by atoms with Crippen LogP contribution in [0.2, 0.25) is 0 Å². The fourth-order valence-electron chi connectivity index (χ4n) is 4.26. The molecule has 7 nitrogen and oxygen atoms in total. The SMILES string of the molecule is O=C(Nc1cccc(C(=O)N(C/C=C\c2ccccc2)c2ccc3c(c2)OCCO3)c1)[C@@H]1CCCO1. The molecule has 36 heavy (non-hydrogen) atoms. The second-order valence-corrected chi connectivity index (χ2v) is 8.63. The Morgan fingerprint density at radius 1 is 0.917 bits per heavy atom. The monoisotopic (exact) mass is 484 g/mol. The van der Waals surface area contributed by atoms with Gasteiger partial charge in [-0.15, -0.1) is 0 Å². The van der Waals surface area contributed by atoms with E-state index in [9.17, 15) is 9.59 Å². The number of hydrogen-bond acceptors (Lipinski definition) is 5. The molecule has 0 aliphatic carbocycles. The zero-order chi connectivity index (χ0) is 24.7. The zero-order valence-electron chi connectivity index (χ0n) is 19.9. The molecule has 3 aromatic carbocycles. The summed E-state index contributed by atoms with van der Waals surface area (Å²) in [7, 11) is 0. The summed E-state index contributed by atoms with van der Waals surface area (Å²) in [5.74, 6) is 0.890. The third-order valence-corrected chi connectivity index (χ3v) is 6.08. The van der Waals surface area contributed by atoms with Crippen molar-refractivity contribution in [3.05, 3.63) is 90.0 Å². The van der Waals surface area contributed by atoms with Crippen molar-refractivity contribution in [2.24, 2.45) is 0 Å². The number of benzene rings is 3. The summed E-state index contributed by atoms with van der Waals surface area (Å²) >= 11 is 0. The van der Waals surface area contributed by atoms with Crippen LogP contribution in [0.1, 0.15) is 28.8 Å². The summed E-state index contributed by atoms with van der Waals surface area (Å²) in [4.78, 5) is 27.9. The number of carbonyl (C=O) groups is 2. The number of hydrogen-bond donors (Lipinski definition) is 1. The van der Waals surface area contributed by atoms with Crippen LogP contribution in [0.15, 0.2) is 78.9 Å². The molecule has 3 aromatic rings. The van der Waals surface area contributed by atoms with Gasteiger partial charge in [-0.3, -0.25) is 9.59 Å². The Morgan fingerprint density at radius 2 is 1.75 bits per heavy atom. The Morgan fingerprint density at radius 3 is 2.56 bits per heavy atom. The summed E-state index contributed by atoms with van der Waals surface area (Å²) < 4.78 is 16.9. The molecule has 0 radical (unpaired) electrons. The molecule has 2 aliphatic rings. The van der Waals surface area contributed by atoms with Gasteiger partial charge in [0.05, 0.1) is 0 Å². The Kier molecular flexibility index (Phi) is 7.28. The Labute approximate surface area is 210 Å². The van der Waals surface area contributed by atoms with Crippen LogP contribution in [0.4, 0.5) is 11.4 Å². The first-order chi connectivity index (χ1) is 17.7. The Bertz CT molecular complexity index is 1250. The van der Waals surface area contributed by atoms with Gasteiger partial charge in [0.1, 0.15) is 19.3 Å². The lowest BCUT2D eigenvalue weighted by atomic mass is 10.1. The molecule has 2 amide bonds. The first-order valence-electron chi connectivity index (χ1n) is 12.1. The van der Waals surface area contributed by atoms with E-state index in [4.69, 9.17) is 14.2 Å². The maximum Gasteiger partial charge on any atom is 0.258 e. The third kappa shape index (κ3) is 5.58. The van der Waals surface area contributed by atoms with Crippen molar-refractivity contribution >= 4 is 29.3 Å². The van der Waals surface area contributed by atoms with Gasteiger partial charge in [-0.25, -0.2) is 0 Å². The van der Waals surface area contributed by atoms with Crippen molar-refractivity contribution in [1.82, 2.24) is 0 Å². The molecule has 1 N–H and O–H groups in total. The lowest BCUT2D eigenvalue weighted by Crippen LogP contribution is -2.31. The van der Waals surface area contributed by atoms with Crippen LogP contribution in [0, 0.1) is 0 Å². The summed E-state index contributed by atoms with van der Waals surface area (Å²) in [6.07, 6.45) is 5.07. The second-order valence-electron chi connectivity index (χ2n) is 8.63. The highest BCUT2D eigenvalue weighted by molar-refractivity contribution is 6.07. The van der Waals surface area contributed by atoms with Crippen molar-refractivity contribution in [3.63, 3.8) is 0 Å². The topological polar surface area (TPSA) is 77.1 Å². The average molecular weight is 485 g/mol. The number of carbonyl (C=O) groups excluding carboxylic acids is 2. The molecule has 5 rings (SSSR count). The zero-order valence-corrected chi connectivity index (χ0v) is 19.9. The second kappa shape index (κ2) is 11.1. The number of nitrogens with one attached hydrogen (secondary N) is 1. The van der Waals surface area contributed by atoms with Gasteiger partial charge in [-0.05, 0) is 48.7 Å². The lowest BCUT2D eigenvalue weighted by Gasteiger charge is -2.25. The molecule has 7 heteroatoms. The van der Waals surface area contributed by atoms with Gasteiger partial charge in [0.2, 0.25) is 0 Å². The molecule has 2 heterocycles. The largest absolute Gasteiger partial charge is 0.486 e. The molecule has 0 spiro atoms. The van der Waals surface area contributed by atoms with Crippen molar-refractivity contribution in [1.29, 1.82) is 0 Å². The van der Waals surface area contributed by atoms with Gasteiger partial charge >= 0.3 is 0 Å². The molecule has 1 fully saturated rings. The molecule has 1 saturated heterocycles. The van der Waals surface area contributed by atoms with E-state index in [1.165, 1.54) is 0 Å². The fourth-order valence-corrected chi connectivity index (χ4v) is 4.26. The molecule has 2 aliphatic heterocycles. The smallest absolute Gasteiger partial charge is 0.258 e. The first kappa shape index (κ1) is 23.6. The molecule has 0 unspecified atom stereocenters. The fraction of sp³-hybridized carbons (Fsp3) is 0.241. The third-order valence-electron chi connectivity index (χ3n) is 6.08. The van der Waals surface area contributed by atoms with E-state index in [-0.39, 0.29) is 11.8 Å². The van der Waals surface area contributed by atoms with Crippen LogP contribution in [0.25, 0.3) is 6.08 Å². The van der Waals surface area contributed by atoms with Crippen molar-refractivity contribution < 1.29 is 23.8 Å². The molecule has 0 saturated carbocycles. The van der Waals surface area contributed by atoms with Gasteiger partial charge in [-0.2, -0.15) is 0 Å². The van der Waals surface area contributed by atoms with Crippen molar-refractivity contribution in [3.8, 4) is 11.5 Å². The van der Waals surface area contributed by atoms with Gasteiger partial charge in [0.15, 0.2) is 11.5 Å². The number of ether oxygens (including phenoxy) is 3. The minimum atomic E-state index is -0.443. The van der Waals surface area contributed by atoms with Gasteiger partial charge in [0.25, 0.3) is 11.8 Å². The quantitative estimate of drug-likeness (QED) is 0.514. The standard InChI is InChI=1S/C29H28N2O5/c32-28(26-12-6-16-34-26)30-23-11-4-10-22(19-23)29(33)31(15-5-9-21-7-2-1-3-8-21)24-13-14-25-27(20-24)36-18-17-35-25/h1-5,7-11,13-14,19-20,26H,6,12,15-18H2,(H,30,32)/b9-5-/t26-/m0/s1. The summed E-state index contributed by atoms with van der Waals surface area (Å²) in [5, 5.41) is 2.88. The minimum Gasteiger partial charge on any atom is -0.486 e. The molecule has 1 atom stereocenters. The summed E-state index contributed by atoms with van der Waals surface area (Å²) in [6, 6.07) is 22.4. The maximum absolute atomic E-state index is 13.7. The molecule has 0 bridgehead atoms. The number of anilines is 2. The highest BCUT2D eigenvalue weighted by Gasteiger charge is 2.24. The van der Waals surface area contributed by atoms with E-state index in [0.29, 0.717) is 61.2 Å². The van der Waals surface area contributed by atoms with Crippen LogP contribution in [0.3, 0.4) is 0 Å². The minimum absolute atomic E-state index is 0.188. The van der Waals surface area contributed by atoms with E-state index < -0.39 is 6.10 Å². The van der Waals surface area contributed by atoms with Crippen LogP contribution >= 0.6 is 0 Å². The van der Waals surface area contributed by atoms with E-state index in [2.05, 4.69) is 5.32 Å². The first-order valence-corrected chi connectivity index (χ1v) is 12.1. The van der Waals surface area contributed by atoms with Crippen LogP contribution in [0.5, 0.6) is 11.5 Å². The Hall–Kier alpha value is -4.10. The van der Waals surface area contributed by atoms with Gasteiger partial charge in [0, 0.05) is 36.2 Å². The van der Waals surface area contributed by atoms with Crippen molar-refractivity contribution in [2.75, 3.05) is 36.6 Å². The van der Waals surface area contributed by atoms with Crippen LogP contribution in [-0.2, 0) is 9.53 Å². The number of amides is 2.